The van der Waals surface area contributed by atoms with Crippen LogP contribution in [-0.4, -0.2) is 67.4 Å². The van der Waals surface area contributed by atoms with Crippen LogP contribution < -0.4 is 4.74 Å². The standard InChI is InChI=1S/C29H24N6O15S4.Cu/c1-14-26(29(39)35(34-14)17-5-7-18(8-6-17)54(42,43)44)32-30-16-4-3-15-9-24(53-50-48-41)27(28(38)19(15)10-16)33-31-20-11-22(45-2)23(12-21(20)36)52-46-25(37)13-51-49-47-40;/h3-12,36,38-41H,13H2,1-2H3,(H,42,43,44);. The number of carbonyl (C=O) groups excluding carboxylic acids is 1. The fourth-order valence-electron chi connectivity index (χ4n) is 4.43. The fraction of sp³-hybridized carbons (Fsp3) is 0.103. The smallest absolute Gasteiger partial charge is 0.330 e. The molecule has 0 aliphatic carbocycles. The molecule has 0 aliphatic rings. The van der Waals surface area contributed by atoms with E-state index in [1.165, 1.54) is 43.5 Å². The first-order chi connectivity index (χ1) is 25.8. The number of aryl methyl sites for hydroxylation is 1. The first-order valence-electron chi connectivity index (χ1n) is 14.4. The van der Waals surface area contributed by atoms with Gasteiger partial charge in [0.25, 0.3) is 10.1 Å². The van der Waals surface area contributed by atoms with Crippen molar-refractivity contribution in [2.45, 2.75) is 21.6 Å². The maximum atomic E-state index is 11.8. The number of carbonyl (C=O) groups is 1. The minimum atomic E-state index is -4.43. The number of rotatable bonds is 16. The number of nitrogens with zero attached hydrogens (tertiary/aromatic N) is 6. The molecule has 21 nitrogen and oxygen atoms in total. The number of benzene rings is 4. The Bertz CT molecular complexity index is 2350. The molecule has 0 saturated carbocycles. The number of phenols is 2. The van der Waals surface area contributed by atoms with Crippen molar-refractivity contribution in [1.82, 2.24) is 9.78 Å². The van der Waals surface area contributed by atoms with E-state index >= 15 is 0 Å². The van der Waals surface area contributed by atoms with E-state index in [2.05, 4.69) is 44.3 Å². The number of azo groups is 2. The van der Waals surface area contributed by atoms with Crippen LogP contribution in [0.5, 0.6) is 23.1 Å². The third-order valence-corrected chi connectivity index (χ3v) is 9.60. The average molecular weight is 888 g/mol. The second kappa shape index (κ2) is 19.4. The van der Waals surface area contributed by atoms with Gasteiger partial charge in [-0.3, -0.25) is 9.35 Å². The van der Waals surface area contributed by atoms with Crippen molar-refractivity contribution >= 4 is 85.7 Å². The number of aromatic nitrogens is 2. The van der Waals surface area contributed by atoms with Crippen LogP contribution in [0.1, 0.15) is 5.69 Å². The predicted octanol–water partition coefficient (Wildman–Crippen LogP) is 7.58. The van der Waals surface area contributed by atoms with E-state index in [1.807, 2.05) is 0 Å². The van der Waals surface area contributed by atoms with Gasteiger partial charge >= 0.3 is 5.97 Å². The van der Waals surface area contributed by atoms with Crippen molar-refractivity contribution in [3.05, 3.63) is 66.4 Å². The van der Waals surface area contributed by atoms with E-state index in [4.69, 9.17) is 19.4 Å². The van der Waals surface area contributed by atoms with E-state index in [1.54, 1.807) is 19.1 Å². The van der Waals surface area contributed by atoms with Gasteiger partial charge in [0, 0.05) is 46.6 Å². The van der Waals surface area contributed by atoms with E-state index < -0.39 is 33.5 Å². The van der Waals surface area contributed by atoms with Crippen LogP contribution in [0.4, 0.5) is 22.7 Å². The number of hydrogen-bond donors (Lipinski definition) is 6. The Hall–Kier alpha value is -4.54. The number of phenolic OH excluding ortho intramolecular Hbond substituents is 2. The largest absolute Gasteiger partial charge is 0.506 e. The summed E-state index contributed by atoms with van der Waals surface area (Å²) < 4.78 is 52.1. The molecule has 0 saturated heterocycles. The van der Waals surface area contributed by atoms with Crippen molar-refractivity contribution in [3.63, 3.8) is 0 Å². The number of ether oxygens (including phenoxy) is 1. The first-order valence-corrected chi connectivity index (χ1v) is 18.2. The zero-order chi connectivity index (χ0) is 39.0. The SMILES string of the molecule is COc1cc(N=Nc2c(SOOO)cc3ccc(N=Nc4c(C)nn(-c5ccc(S(=O)(=O)O)cc5)c4O)cc3c2O)c(O)cc1SOC(=O)CSOOO.[Cu]. The molecule has 0 fully saturated rings. The van der Waals surface area contributed by atoms with Crippen LogP contribution in [0, 0.1) is 6.92 Å². The number of fused-ring (bicyclic) bond motifs is 1. The van der Waals surface area contributed by atoms with E-state index in [-0.39, 0.29) is 82.8 Å². The summed E-state index contributed by atoms with van der Waals surface area (Å²) in [5.74, 6) is -2.26. The normalized spacial score (nSPS) is 11.7. The van der Waals surface area contributed by atoms with Crippen molar-refractivity contribution in [2.75, 3.05) is 12.9 Å². The summed E-state index contributed by atoms with van der Waals surface area (Å²) in [7, 11) is -3.11. The Morgan fingerprint density at radius 2 is 1.58 bits per heavy atom. The van der Waals surface area contributed by atoms with Crippen LogP contribution in [0.15, 0.2) is 95.8 Å². The summed E-state index contributed by atoms with van der Waals surface area (Å²) in [4.78, 5) is 11.8. The molecule has 295 valence electrons. The molecule has 1 radical (unpaired) electrons. The molecule has 0 unspecified atom stereocenters. The minimum absolute atomic E-state index is 0. The summed E-state index contributed by atoms with van der Waals surface area (Å²) in [6.45, 7) is 1.56. The molecule has 0 amide bonds. The maximum absolute atomic E-state index is 11.8. The van der Waals surface area contributed by atoms with Crippen molar-refractivity contribution in [1.29, 1.82) is 0 Å². The summed E-state index contributed by atoms with van der Waals surface area (Å²) in [6.07, 6.45) is 0. The van der Waals surface area contributed by atoms with E-state index in [0.29, 0.717) is 41.5 Å². The second-order valence-corrected chi connectivity index (χ2v) is 13.8. The van der Waals surface area contributed by atoms with Gasteiger partial charge in [-0.15, -0.1) is 24.0 Å². The molecule has 55 heavy (non-hydrogen) atoms. The van der Waals surface area contributed by atoms with Gasteiger partial charge < -0.3 is 24.2 Å². The molecule has 5 rings (SSSR count). The van der Waals surface area contributed by atoms with Crippen molar-refractivity contribution < 1.29 is 88.3 Å². The van der Waals surface area contributed by atoms with Gasteiger partial charge in [0.15, 0.2) is 11.4 Å². The van der Waals surface area contributed by atoms with Crippen molar-refractivity contribution in [2.24, 2.45) is 20.5 Å². The molecule has 0 aliphatic heterocycles. The molecule has 4 aromatic carbocycles. The van der Waals surface area contributed by atoms with Gasteiger partial charge in [-0.05, 0) is 54.8 Å². The van der Waals surface area contributed by atoms with E-state index in [0.717, 1.165) is 16.8 Å². The summed E-state index contributed by atoms with van der Waals surface area (Å²) in [5.41, 5.74) is 0.413. The Balaban J connectivity index is 0.00000673. The van der Waals surface area contributed by atoms with Gasteiger partial charge in [0.1, 0.15) is 40.7 Å². The molecule has 6 N–H and O–H groups in total. The zero-order valence-corrected chi connectivity index (χ0v) is 31.7. The third-order valence-electron chi connectivity index (χ3n) is 6.84. The average Bonchev–Trinajstić information content (AvgIpc) is 3.44. The first kappa shape index (κ1) is 43.2. The van der Waals surface area contributed by atoms with Crippen molar-refractivity contribution in [3.8, 4) is 28.8 Å². The van der Waals surface area contributed by atoms with Gasteiger partial charge in [-0.2, -0.15) is 23.3 Å². The molecular weight excluding hydrogens is 864 g/mol. The molecular formula is C29H24CuN6O15S4. The fourth-order valence-corrected chi connectivity index (χ4v) is 6.35. The molecule has 1 aromatic heterocycles. The van der Waals surface area contributed by atoms with Crippen LogP contribution in [0.3, 0.4) is 0 Å². The van der Waals surface area contributed by atoms with Gasteiger partial charge in [0.2, 0.25) is 5.88 Å². The molecule has 26 heteroatoms. The Labute approximate surface area is 332 Å². The number of methoxy groups -OCH3 is 1. The third kappa shape index (κ3) is 10.6. The van der Waals surface area contributed by atoms with Crippen LogP contribution >= 0.6 is 36.1 Å². The predicted molar refractivity (Wildman–Crippen MR) is 188 cm³/mol. The second-order valence-electron chi connectivity index (χ2n) is 10.2. The Morgan fingerprint density at radius 3 is 2.25 bits per heavy atom. The number of aromatic hydroxyl groups is 3. The summed E-state index contributed by atoms with van der Waals surface area (Å²) in [5, 5.41) is 78.1. The van der Waals surface area contributed by atoms with Gasteiger partial charge in [0.05, 0.1) is 50.9 Å². The van der Waals surface area contributed by atoms with Crippen LogP contribution in [-0.2, 0) is 54.9 Å². The molecule has 1 heterocycles. The number of hydrogen-bond acceptors (Lipinski definition) is 22. The molecule has 0 atom stereocenters. The summed E-state index contributed by atoms with van der Waals surface area (Å²) in [6, 6.07) is 13.5. The molecule has 0 bridgehead atoms. The minimum Gasteiger partial charge on any atom is -0.506 e. The van der Waals surface area contributed by atoms with Gasteiger partial charge in [-0.1, -0.05) is 16.1 Å². The zero-order valence-electron chi connectivity index (χ0n) is 27.5. The Morgan fingerprint density at radius 1 is 0.873 bits per heavy atom. The molecule has 0 spiro atoms. The Kier molecular flexibility index (Phi) is 15.2. The quantitative estimate of drug-likeness (QED) is 0.0106. The summed E-state index contributed by atoms with van der Waals surface area (Å²) >= 11 is 1.51. The van der Waals surface area contributed by atoms with Crippen LogP contribution in [0.2, 0.25) is 0 Å². The maximum Gasteiger partial charge on any atom is 0.330 e. The van der Waals surface area contributed by atoms with E-state index in [9.17, 15) is 33.1 Å². The monoisotopic (exact) mass is 887 g/mol. The topological polar surface area (TPSA) is 295 Å². The van der Waals surface area contributed by atoms with Gasteiger partial charge in [-0.25, -0.2) is 10.5 Å². The molecule has 5 aromatic rings. The van der Waals surface area contributed by atoms with Crippen LogP contribution in [0.25, 0.3) is 16.5 Å².